The van der Waals surface area contributed by atoms with Gasteiger partial charge in [0.1, 0.15) is 6.04 Å². The number of nitrogens with zero attached hydrogens (tertiary/aromatic N) is 2. The Hall–Kier alpha value is -1.63. The van der Waals surface area contributed by atoms with E-state index in [1.165, 1.54) is 0 Å². The van der Waals surface area contributed by atoms with Gasteiger partial charge in [0.05, 0.1) is 6.04 Å². The Balaban J connectivity index is 2.06. The SMILES string of the molecule is CCC[C@@H]1NCCN([C@@H](CC(C)C)C(=O)N2CCC(CC(N)=O)CC2)C1=O. The van der Waals surface area contributed by atoms with Gasteiger partial charge in [-0.15, -0.1) is 0 Å². The molecule has 0 radical (unpaired) electrons. The van der Waals surface area contributed by atoms with E-state index < -0.39 is 0 Å². The van der Waals surface area contributed by atoms with Crippen molar-refractivity contribution in [2.45, 2.75) is 71.4 Å². The molecule has 2 aliphatic rings. The predicted molar refractivity (Wildman–Crippen MR) is 105 cm³/mol. The van der Waals surface area contributed by atoms with Crippen LogP contribution < -0.4 is 11.1 Å². The maximum absolute atomic E-state index is 13.3. The summed E-state index contributed by atoms with van der Waals surface area (Å²) in [6.45, 7) is 8.86. The molecule has 0 saturated carbocycles. The number of carbonyl (C=O) groups excluding carboxylic acids is 3. The second-order valence-corrected chi connectivity index (χ2v) is 8.41. The molecule has 2 atom stereocenters. The van der Waals surface area contributed by atoms with Gasteiger partial charge in [-0.2, -0.15) is 0 Å². The molecule has 2 rings (SSSR count). The highest BCUT2D eigenvalue weighted by Crippen LogP contribution is 2.24. The van der Waals surface area contributed by atoms with Gasteiger partial charge in [0.15, 0.2) is 0 Å². The average molecular weight is 381 g/mol. The van der Waals surface area contributed by atoms with Gasteiger partial charge in [-0.05, 0) is 37.5 Å². The van der Waals surface area contributed by atoms with E-state index in [-0.39, 0.29) is 35.7 Å². The highest BCUT2D eigenvalue weighted by molar-refractivity contribution is 5.90. The van der Waals surface area contributed by atoms with Crippen LogP contribution in [-0.2, 0) is 14.4 Å². The number of likely N-dealkylation sites (tertiary alicyclic amines) is 1. The maximum Gasteiger partial charge on any atom is 0.245 e. The Morgan fingerprint density at radius 1 is 1.22 bits per heavy atom. The molecule has 27 heavy (non-hydrogen) atoms. The average Bonchev–Trinajstić information content (AvgIpc) is 2.61. The van der Waals surface area contributed by atoms with Crippen LogP contribution in [0.5, 0.6) is 0 Å². The smallest absolute Gasteiger partial charge is 0.245 e. The summed E-state index contributed by atoms with van der Waals surface area (Å²) in [6.07, 6.45) is 4.43. The van der Waals surface area contributed by atoms with E-state index in [1.54, 1.807) is 0 Å². The molecular formula is C20H36N4O3. The molecule has 0 unspecified atom stereocenters. The largest absolute Gasteiger partial charge is 0.370 e. The molecule has 2 saturated heterocycles. The lowest BCUT2D eigenvalue weighted by Crippen LogP contribution is -2.62. The standard InChI is InChI=1S/C20H36N4O3/c1-4-5-16-19(26)24(11-8-22-16)17(12-14(2)3)20(27)23-9-6-15(7-10-23)13-18(21)25/h14-17,22H,4-13H2,1-3H3,(H2,21,25)/t16-,17-/m0/s1. The van der Waals surface area contributed by atoms with Crippen LogP contribution in [0.25, 0.3) is 0 Å². The minimum atomic E-state index is -0.383. The van der Waals surface area contributed by atoms with Crippen molar-refractivity contribution < 1.29 is 14.4 Å². The predicted octanol–water partition coefficient (Wildman–Crippen LogP) is 1.12. The number of hydrogen-bond acceptors (Lipinski definition) is 4. The van der Waals surface area contributed by atoms with Gasteiger partial charge in [0.2, 0.25) is 17.7 Å². The third kappa shape index (κ3) is 5.92. The second kappa shape index (κ2) is 10.1. The molecular weight excluding hydrogens is 344 g/mol. The molecule has 154 valence electrons. The quantitative estimate of drug-likeness (QED) is 0.659. The number of nitrogens with one attached hydrogen (secondary N) is 1. The van der Waals surface area contributed by atoms with Crippen LogP contribution in [0, 0.1) is 11.8 Å². The van der Waals surface area contributed by atoms with Crippen LogP contribution in [0.4, 0.5) is 0 Å². The highest BCUT2D eigenvalue weighted by Gasteiger charge is 2.38. The zero-order valence-corrected chi connectivity index (χ0v) is 17.1. The maximum atomic E-state index is 13.3. The molecule has 0 aromatic rings. The summed E-state index contributed by atoms with van der Waals surface area (Å²) in [5.74, 6) is 0.451. The van der Waals surface area contributed by atoms with Gasteiger partial charge in [-0.1, -0.05) is 27.2 Å². The number of carbonyl (C=O) groups is 3. The Kier molecular flexibility index (Phi) is 8.07. The first-order valence-corrected chi connectivity index (χ1v) is 10.4. The molecule has 2 aliphatic heterocycles. The van der Waals surface area contributed by atoms with Crippen LogP contribution in [-0.4, -0.2) is 65.8 Å². The lowest BCUT2D eigenvalue weighted by atomic mass is 9.92. The molecule has 3 amide bonds. The molecule has 0 spiro atoms. The summed E-state index contributed by atoms with van der Waals surface area (Å²) in [5, 5.41) is 3.29. The summed E-state index contributed by atoms with van der Waals surface area (Å²) in [7, 11) is 0. The van der Waals surface area contributed by atoms with Crippen LogP contribution in [0.3, 0.4) is 0 Å². The third-order valence-corrected chi connectivity index (χ3v) is 5.67. The number of piperidine rings is 1. The van der Waals surface area contributed by atoms with Gasteiger partial charge in [-0.3, -0.25) is 14.4 Å². The Morgan fingerprint density at radius 3 is 2.44 bits per heavy atom. The van der Waals surface area contributed by atoms with Crippen LogP contribution >= 0.6 is 0 Å². The van der Waals surface area contributed by atoms with E-state index in [9.17, 15) is 14.4 Å². The number of rotatable bonds is 8. The number of primary amides is 1. The normalized spacial score (nSPS) is 23.0. The molecule has 0 aromatic carbocycles. The first kappa shape index (κ1) is 21.7. The van der Waals surface area contributed by atoms with Crippen molar-refractivity contribution in [2.24, 2.45) is 17.6 Å². The molecule has 0 aromatic heterocycles. The van der Waals surface area contributed by atoms with Gasteiger partial charge < -0.3 is 20.9 Å². The molecule has 3 N–H and O–H groups in total. The number of hydrogen-bond donors (Lipinski definition) is 2. The topological polar surface area (TPSA) is 95.7 Å². The summed E-state index contributed by atoms with van der Waals surface area (Å²) < 4.78 is 0. The molecule has 0 bridgehead atoms. The van der Waals surface area contributed by atoms with E-state index in [2.05, 4.69) is 26.1 Å². The fraction of sp³-hybridized carbons (Fsp3) is 0.850. The summed E-state index contributed by atoms with van der Waals surface area (Å²) >= 11 is 0. The van der Waals surface area contributed by atoms with Gasteiger partial charge >= 0.3 is 0 Å². The number of nitrogens with two attached hydrogens (primary N) is 1. The van der Waals surface area contributed by atoms with Gasteiger partial charge in [-0.25, -0.2) is 0 Å². The Morgan fingerprint density at radius 2 is 1.89 bits per heavy atom. The minimum absolute atomic E-state index is 0.0608. The molecule has 2 fully saturated rings. The molecule has 2 heterocycles. The zero-order valence-electron chi connectivity index (χ0n) is 17.1. The van der Waals surface area contributed by atoms with Crippen LogP contribution in [0.15, 0.2) is 0 Å². The van der Waals surface area contributed by atoms with E-state index in [0.717, 1.165) is 32.2 Å². The van der Waals surface area contributed by atoms with Crippen molar-refractivity contribution in [3.8, 4) is 0 Å². The van der Waals surface area contributed by atoms with Crippen molar-refractivity contribution in [1.82, 2.24) is 15.1 Å². The Bertz CT molecular complexity index is 527. The van der Waals surface area contributed by atoms with E-state index in [0.29, 0.717) is 38.4 Å². The third-order valence-electron chi connectivity index (χ3n) is 5.67. The summed E-state index contributed by atoms with van der Waals surface area (Å²) in [5.41, 5.74) is 5.30. The van der Waals surface area contributed by atoms with Gasteiger partial charge in [0.25, 0.3) is 0 Å². The molecule has 7 nitrogen and oxygen atoms in total. The van der Waals surface area contributed by atoms with Crippen molar-refractivity contribution in [2.75, 3.05) is 26.2 Å². The fourth-order valence-corrected chi connectivity index (χ4v) is 4.24. The first-order chi connectivity index (χ1) is 12.8. The van der Waals surface area contributed by atoms with Crippen molar-refractivity contribution in [1.29, 1.82) is 0 Å². The highest BCUT2D eigenvalue weighted by atomic mass is 16.2. The van der Waals surface area contributed by atoms with Crippen LogP contribution in [0.2, 0.25) is 0 Å². The number of amides is 3. The first-order valence-electron chi connectivity index (χ1n) is 10.4. The zero-order chi connectivity index (χ0) is 20.0. The fourth-order valence-electron chi connectivity index (χ4n) is 4.24. The monoisotopic (exact) mass is 380 g/mol. The van der Waals surface area contributed by atoms with Crippen LogP contribution in [0.1, 0.15) is 59.3 Å². The molecule has 7 heteroatoms. The van der Waals surface area contributed by atoms with Gasteiger partial charge in [0, 0.05) is 32.6 Å². The van der Waals surface area contributed by atoms with Crippen molar-refractivity contribution >= 4 is 17.7 Å². The Labute approximate surface area is 163 Å². The van der Waals surface area contributed by atoms with Crippen molar-refractivity contribution in [3.63, 3.8) is 0 Å². The summed E-state index contributed by atoms with van der Waals surface area (Å²) in [6, 6.07) is -0.556. The van der Waals surface area contributed by atoms with E-state index in [1.807, 2.05) is 9.80 Å². The number of piperazine rings is 1. The van der Waals surface area contributed by atoms with Crippen molar-refractivity contribution in [3.05, 3.63) is 0 Å². The minimum Gasteiger partial charge on any atom is -0.370 e. The second-order valence-electron chi connectivity index (χ2n) is 8.41. The van der Waals surface area contributed by atoms with E-state index in [4.69, 9.17) is 5.73 Å². The van der Waals surface area contributed by atoms with E-state index >= 15 is 0 Å². The lowest BCUT2D eigenvalue weighted by molar-refractivity contribution is -0.150. The summed E-state index contributed by atoms with van der Waals surface area (Å²) in [4.78, 5) is 41.1. The lowest BCUT2D eigenvalue weighted by Gasteiger charge is -2.41. The molecule has 0 aliphatic carbocycles.